The number of ether oxygens (including phenoxy) is 1. The number of carboxylic acids is 1. The summed E-state index contributed by atoms with van der Waals surface area (Å²) in [7, 11) is -27.4. The van der Waals surface area contributed by atoms with Crippen molar-refractivity contribution in [3.05, 3.63) is 128 Å². The third-order valence-electron chi connectivity index (χ3n) is 13.4. The van der Waals surface area contributed by atoms with Crippen LogP contribution in [0, 0.1) is 12.0 Å². The molecule has 3 aliphatic rings. The van der Waals surface area contributed by atoms with Crippen LogP contribution in [0.15, 0.2) is 110 Å². The number of carbonyl (C=O) groups is 2. The molecule has 5 unspecified atom stereocenters. The Morgan fingerprint density at radius 2 is 1.43 bits per heavy atom. The molecule has 1 fully saturated rings. The molecule has 6 rings (SSSR count). The second kappa shape index (κ2) is 34.2. The van der Waals surface area contributed by atoms with E-state index in [2.05, 4.69) is 35.4 Å². The van der Waals surface area contributed by atoms with Crippen molar-refractivity contribution < 1.29 is 236 Å². The van der Waals surface area contributed by atoms with Gasteiger partial charge in [-0.05, 0) is 100 Å². The number of fused-ring (bicyclic) bond motifs is 2. The van der Waals surface area contributed by atoms with Gasteiger partial charge < -0.3 is 47.9 Å². The molecule has 0 aliphatic carbocycles. The zero-order chi connectivity index (χ0) is 60.6. The van der Waals surface area contributed by atoms with Gasteiger partial charge in [0, 0.05) is 72.6 Å². The van der Waals surface area contributed by atoms with E-state index in [0.717, 1.165) is 27.9 Å². The van der Waals surface area contributed by atoms with Crippen LogP contribution >= 0.6 is 23.5 Å². The van der Waals surface area contributed by atoms with E-state index in [9.17, 15) is 73.5 Å². The Labute approximate surface area is 605 Å². The van der Waals surface area contributed by atoms with E-state index >= 15 is 0 Å². The number of aromatic amines is 1. The Bertz CT molecular complexity index is 3730. The third-order valence-corrected chi connectivity index (χ3v) is 18.8. The van der Waals surface area contributed by atoms with Gasteiger partial charge in [0.05, 0.1) is 27.9 Å². The van der Waals surface area contributed by atoms with Crippen LogP contribution in [0.2, 0.25) is 0 Å². The molecule has 1 saturated heterocycles. The number of phosphoric ester groups is 1. The average molecular weight is 1350 g/mol. The molecule has 3 aromatic rings. The Hall–Kier alpha value is -1.12. The van der Waals surface area contributed by atoms with Crippen LogP contribution in [0.5, 0.6) is 0 Å². The Balaban J connectivity index is 0.00000631. The first-order valence-corrected chi connectivity index (χ1v) is 32.4. The number of carbonyl (C=O) groups excluding carboxylic acids is 1. The molecule has 3 aliphatic heterocycles. The zero-order valence-electron chi connectivity index (χ0n) is 48.5. The molecule has 4 N–H and O–H groups in total. The van der Waals surface area contributed by atoms with E-state index in [1.54, 1.807) is 36.4 Å². The molecule has 446 valence electrons. The number of nitrogens with one attached hydrogen (secondary N) is 2. The first kappa shape index (κ1) is 81.0. The van der Waals surface area contributed by atoms with E-state index < -0.39 is 96.6 Å². The van der Waals surface area contributed by atoms with E-state index in [1.165, 1.54) is 24.3 Å². The Kier molecular flexibility index (Phi) is 32.2. The van der Waals surface area contributed by atoms with Gasteiger partial charge in [-0.15, -0.1) is 0 Å². The van der Waals surface area contributed by atoms with Crippen LogP contribution < -0.4 is 176 Å². The van der Waals surface area contributed by atoms with Crippen molar-refractivity contribution in [2.45, 2.75) is 125 Å². The van der Waals surface area contributed by atoms with Crippen molar-refractivity contribution in [2.24, 2.45) is 0 Å². The number of allylic oxidation sites excluding steroid dienone is 8. The van der Waals surface area contributed by atoms with Gasteiger partial charge in [0.25, 0.3) is 29.0 Å². The summed E-state index contributed by atoms with van der Waals surface area (Å²) in [6.45, 7) is 7.72. The number of H-pyrrole nitrogens is 1. The fourth-order valence-corrected chi connectivity index (χ4v) is 13.4. The summed E-state index contributed by atoms with van der Waals surface area (Å²) in [5, 5.41) is 11.5. The first-order valence-electron chi connectivity index (χ1n) is 25.2. The smallest absolute Gasteiger partial charge is 0.756 e. The molecule has 0 radical (unpaired) electrons. The summed E-state index contributed by atoms with van der Waals surface area (Å²) >= 11 is 0. The van der Waals surface area contributed by atoms with Gasteiger partial charge in [-0.1, -0.05) is 50.6 Å². The number of rotatable bonds is 26. The number of carboxylic acid groups (broad SMARTS) is 1. The Morgan fingerprint density at radius 1 is 0.826 bits per heavy atom. The van der Waals surface area contributed by atoms with Crippen LogP contribution in [0.3, 0.4) is 0 Å². The molecule has 2 aromatic carbocycles. The van der Waals surface area contributed by atoms with E-state index in [4.69, 9.17) is 14.7 Å². The maximum absolute atomic E-state index is 12.8. The number of amides is 1. The quantitative estimate of drug-likeness (QED) is 0.00847. The molecular weight excluding hydrogens is 1290 g/mol. The topological polar surface area (TPSA) is 419 Å². The van der Waals surface area contributed by atoms with Crippen LogP contribution in [-0.2, 0) is 72.2 Å². The van der Waals surface area contributed by atoms with Crippen molar-refractivity contribution in [1.29, 1.82) is 0 Å². The van der Waals surface area contributed by atoms with Gasteiger partial charge in [0.15, 0.2) is 5.71 Å². The SMILES string of the molecule is CC1(C)C(/C=C/C=C/C=C/C=C2/N(CCCCCC(=O)O)c3ccc(S(=O)(=O)[O-])cc3C2(C)C)=[N+](CCCCCC(=O)NC#Cc2cn(C3CCC(COP(=O)([O-])OP(=O)([O-])OP(=O)([O-])O)O3)c(=O)[nH]c2=O)c2ccc(S(=O)(=O)[O-])cc21.[K+].[Na+].[Na+].[Na+]. The van der Waals surface area contributed by atoms with Crippen LogP contribution in [0.4, 0.5) is 11.4 Å². The zero-order valence-corrected chi connectivity index (χ0v) is 61.9. The number of unbranched alkanes of at least 4 members (excludes halogenated alkanes) is 4. The first-order chi connectivity index (χ1) is 38.1. The summed E-state index contributed by atoms with van der Waals surface area (Å²) in [6.07, 6.45) is 15.0. The summed E-state index contributed by atoms with van der Waals surface area (Å²) in [5.74, 6) is 1.08. The predicted octanol–water partition coefficient (Wildman–Crippen LogP) is -8.46. The number of hydrogen-bond donors (Lipinski definition) is 4. The second-order valence-corrected chi connectivity index (χ2v) is 27.1. The van der Waals surface area contributed by atoms with Gasteiger partial charge in [0.1, 0.15) is 38.6 Å². The number of benzene rings is 2. The molecule has 5 atom stereocenters. The minimum atomic E-state index is -6.13. The predicted molar refractivity (Wildman–Crippen MR) is 285 cm³/mol. The number of phosphoric acid groups is 3. The number of aliphatic carboxylic acids is 1. The molecule has 1 aromatic heterocycles. The van der Waals surface area contributed by atoms with Crippen molar-refractivity contribution in [3.63, 3.8) is 0 Å². The number of anilines is 1. The minimum Gasteiger partial charge on any atom is -0.756 e. The van der Waals surface area contributed by atoms with Crippen molar-refractivity contribution in [3.8, 4) is 12.0 Å². The largest absolute Gasteiger partial charge is 1.00 e. The second-order valence-electron chi connectivity index (χ2n) is 20.0. The minimum absolute atomic E-state index is 0. The molecule has 4 heterocycles. The van der Waals surface area contributed by atoms with Gasteiger partial charge in [-0.25, -0.2) is 30.3 Å². The molecule has 0 spiro atoms. The standard InChI is InChI=1S/C50H62N5O22P3S2.K.3Na/c1-49(2)38-30-36(81(68,69)70)21-23-40(38)53(42(49)16-10-6-5-7-11-17-43-50(3,4)39-31-37(82(71,72)73)22-24-41(39)54(43)29-15-9-13-19-46(57)58)28-14-8-12-18-44(56)51-27-26-34-32-55(48(60)52-47(34)59)45-25-20-35(75-45)33-74-79(64,65)77-80(66,67)76-78(61,62)63;;;;/h5-7,10-11,16-17,21-24,30-32,35,45H,8-9,12-15,18-20,25,28-29,33H2,1-4H3,(H8-,51,52,56,57,58,59,60,61,62,63,64,65,66,67,68,69,70,71,72,73);;;;/q;4*+1/p-4. The molecule has 0 bridgehead atoms. The maximum Gasteiger partial charge on any atom is 1.00 e. The molecule has 1 amide bonds. The maximum atomic E-state index is 12.8. The van der Waals surface area contributed by atoms with Crippen LogP contribution in [-0.4, -0.2) is 93.5 Å². The third kappa shape index (κ3) is 22.9. The summed E-state index contributed by atoms with van der Waals surface area (Å²) in [6, 6.07) is 10.9. The van der Waals surface area contributed by atoms with Crippen molar-refractivity contribution >= 4 is 72.7 Å². The van der Waals surface area contributed by atoms with E-state index in [0.29, 0.717) is 68.4 Å². The Morgan fingerprint density at radius 3 is 2.07 bits per heavy atom. The summed E-state index contributed by atoms with van der Waals surface area (Å²) < 4.78 is 126. The molecule has 27 nitrogen and oxygen atoms in total. The van der Waals surface area contributed by atoms with Crippen LogP contribution in [0.25, 0.3) is 0 Å². The number of aromatic nitrogens is 2. The molecular formula is C50H58KN5Na3O22P3S2. The fourth-order valence-electron chi connectivity index (χ4n) is 9.54. The van der Waals surface area contributed by atoms with E-state index in [1.807, 2.05) is 55.4 Å². The number of nitrogens with zero attached hydrogens (tertiary/aromatic N) is 3. The van der Waals surface area contributed by atoms with Gasteiger partial charge in [-0.2, -0.15) is 4.58 Å². The van der Waals surface area contributed by atoms with E-state index in [-0.39, 0.29) is 181 Å². The van der Waals surface area contributed by atoms with Crippen molar-refractivity contribution in [2.75, 3.05) is 24.6 Å². The molecule has 0 saturated carbocycles. The van der Waals surface area contributed by atoms with Crippen LogP contribution in [0.1, 0.15) is 115 Å². The summed E-state index contributed by atoms with van der Waals surface area (Å²) in [4.78, 5) is 95.1. The fraction of sp³-hybridized carbons (Fsp3) is 0.420. The molecule has 36 heteroatoms. The van der Waals surface area contributed by atoms with Gasteiger partial charge >= 0.3 is 152 Å². The monoisotopic (exact) mass is 1350 g/mol. The number of hydrogen-bond acceptors (Lipinski definition) is 21. The molecule has 86 heavy (non-hydrogen) atoms. The van der Waals surface area contributed by atoms with Crippen molar-refractivity contribution in [1.82, 2.24) is 14.9 Å². The normalized spacial score (nSPS) is 19.5. The van der Waals surface area contributed by atoms with Gasteiger partial charge in [-0.3, -0.25) is 42.9 Å². The average Bonchev–Trinajstić information content (AvgIpc) is 1.65. The summed E-state index contributed by atoms with van der Waals surface area (Å²) in [5.41, 5.74) is 0.734. The van der Waals surface area contributed by atoms with Gasteiger partial charge in [0.2, 0.25) is 11.6 Å².